The SMILES string of the molecule is CC1(C)Cc2cccc(OCC(=O)NNC(=O)C(=O)NC3CC3)c2O1. The molecule has 3 N–H and O–H groups in total. The zero-order valence-electron chi connectivity index (χ0n) is 14.2. The van der Waals surface area contributed by atoms with E-state index in [1.807, 2.05) is 26.0 Å². The second-order valence-corrected chi connectivity index (χ2v) is 6.82. The number of para-hydroxylation sites is 1. The second-order valence-electron chi connectivity index (χ2n) is 6.82. The number of nitrogens with one attached hydrogen (secondary N) is 3. The quantitative estimate of drug-likeness (QED) is 0.533. The van der Waals surface area contributed by atoms with E-state index < -0.39 is 17.7 Å². The lowest BCUT2D eigenvalue weighted by atomic mass is 10.0. The maximum absolute atomic E-state index is 11.8. The van der Waals surface area contributed by atoms with Crippen LogP contribution in [0.2, 0.25) is 0 Å². The maximum Gasteiger partial charge on any atom is 0.327 e. The summed E-state index contributed by atoms with van der Waals surface area (Å²) in [7, 11) is 0. The minimum atomic E-state index is -0.911. The van der Waals surface area contributed by atoms with Gasteiger partial charge in [-0.25, -0.2) is 0 Å². The molecule has 1 heterocycles. The van der Waals surface area contributed by atoms with Crippen LogP contribution in [-0.4, -0.2) is 36.0 Å². The Labute approximate surface area is 145 Å². The fourth-order valence-electron chi connectivity index (χ4n) is 2.54. The molecule has 25 heavy (non-hydrogen) atoms. The molecule has 2 aliphatic rings. The van der Waals surface area contributed by atoms with Gasteiger partial charge >= 0.3 is 11.8 Å². The third-order valence-electron chi connectivity index (χ3n) is 3.85. The van der Waals surface area contributed by atoms with Gasteiger partial charge in [-0.05, 0) is 32.8 Å². The lowest BCUT2D eigenvalue weighted by molar-refractivity contribution is -0.141. The van der Waals surface area contributed by atoms with Crippen LogP contribution < -0.4 is 25.6 Å². The van der Waals surface area contributed by atoms with Crippen molar-refractivity contribution in [1.29, 1.82) is 0 Å². The van der Waals surface area contributed by atoms with Gasteiger partial charge in [0.15, 0.2) is 18.1 Å². The first-order chi connectivity index (χ1) is 11.8. The predicted molar refractivity (Wildman–Crippen MR) is 87.8 cm³/mol. The highest BCUT2D eigenvalue weighted by atomic mass is 16.5. The molecule has 1 aromatic rings. The molecule has 0 aromatic heterocycles. The van der Waals surface area contributed by atoms with Gasteiger partial charge in [0.2, 0.25) is 0 Å². The van der Waals surface area contributed by atoms with Crippen LogP contribution in [0, 0.1) is 0 Å². The average molecular weight is 347 g/mol. The molecular weight excluding hydrogens is 326 g/mol. The van der Waals surface area contributed by atoms with E-state index in [0.717, 1.165) is 24.8 Å². The zero-order valence-corrected chi connectivity index (χ0v) is 14.2. The van der Waals surface area contributed by atoms with Crippen LogP contribution in [0.25, 0.3) is 0 Å². The number of hydrogen-bond acceptors (Lipinski definition) is 5. The number of rotatable bonds is 4. The van der Waals surface area contributed by atoms with E-state index >= 15 is 0 Å². The van der Waals surface area contributed by atoms with Gasteiger partial charge in [-0.1, -0.05) is 12.1 Å². The molecule has 0 radical (unpaired) electrons. The van der Waals surface area contributed by atoms with Crippen LogP contribution in [0.1, 0.15) is 32.3 Å². The number of fused-ring (bicyclic) bond motifs is 1. The highest BCUT2D eigenvalue weighted by Gasteiger charge is 2.32. The average Bonchev–Trinajstić information content (AvgIpc) is 3.30. The number of hydrogen-bond donors (Lipinski definition) is 3. The highest BCUT2D eigenvalue weighted by Crippen LogP contribution is 2.41. The molecule has 1 aliphatic carbocycles. The van der Waals surface area contributed by atoms with Crippen molar-refractivity contribution in [3.63, 3.8) is 0 Å². The standard InChI is InChI=1S/C17H21N3O5/c1-17(2)8-10-4-3-5-12(14(10)25-17)24-9-13(21)19-20-16(23)15(22)18-11-6-7-11/h3-5,11H,6-9H2,1-2H3,(H,18,22)(H,19,21)(H,20,23). The van der Waals surface area contributed by atoms with Crippen LogP contribution in [0.4, 0.5) is 0 Å². The van der Waals surface area contributed by atoms with Gasteiger partial charge in [-0.3, -0.25) is 25.2 Å². The number of hydrazine groups is 1. The minimum absolute atomic E-state index is 0.0710. The van der Waals surface area contributed by atoms with Gasteiger partial charge in [0.25, 0.3) is 5.91 Å². The molecule has 134 valence electrons. The molecule has 0 unspecified atom stereocenters. The van der Waals surface area contributed by atoms with Crippen LogP contribution in [0.15, 0.2) is 18.2 Å². The van der Waals surface area contributed by atoms with Crippen LogP contribution in [0.3, 0.4) is 0 Å². The molecule has 1 aromatic carbocycles. The molecule has 0 saturated heterocycles. The van der Waals surface area contributed by atoms with Crippen molar-refractivity contribution in [1.82, 2.24) is 16.2 Å². The number of carbonyl (C=O) groups excluding carboxylic acids is 3. The Morgan fingerprint density at radius 2 is 1.96 bits per heavy atom. The number of benzene rings is 1. The molecular formula is C17H21N3O5. The Bertz CT molecular complexity index is 712. The third kappa shape index (κ3) is 4.40. The third-order valence-corrected chi connectivity index (χ3v) is 3.85. The van der Waals surface area contributed by atoms with Crippen molar-refractivity contribution >= 4 is 17.7 Å². The Morgan fingerprint density at radius 3 is 2.68 bits per heavy atom. The van der Waals surface area contributed by atoms with Crippen molar-refractivity contribution < 1.29 is 23.9 Å². The van der Waals surface area contributed by atoms with Gasteiger partial charge in [0.1, 0.15) is 5.60 Å². The van der Waals surface area contributed by atoms with Crippen molar-refractivity contribution in [2.75, 3.05) is 6.61 Å². The van der Waals surface area contributed by atoms with Gasteiger partial charge in [-0.15, -0.1) is 0 Å². The van der Waals surface area contributed by atoms with Gasteiger partial charge in [-0.2, -0.15) is 0 Å². The lowest BCUT2D eigenvalue weighted by Gasteiger charge is -2.18. The van der Waals surface area contributed by atoms with Crippen LogP contribution in [-0.2, 0) is 20.8 Å². The summed E-state index contributed by atoms with van der Waals surface area (Å²) in [5, 5.41) is 2.52. The summed E-state index contributed by atoms with van der Waals surface area (Å²) < 4.78 is 11.3. The molecule has 0 spiro atoms. The normalized spacial score (nSPS) is 17.0. The molecule has 1 aliphatic heterocycles. The Hall–Kier alpha value is -2.77. The van der Waals surface area contributed by atoms with E-state index in [0.29, 0.717) is 11.5 Å². The van der Waals surface area contributed by atoms with Crippen molar-refractivity contribution in [3.05, 3.63) is 23.8 Å². The summed E-state index contributed by atoms with van der Waals surface area (Å²) in [5.41, 5.74) is 4.91. The van der Waals surface area contributed by atoms with Crippen molar-refractivity contribution in [2.24, 2.45) is 0 Å². The fourth-order valence-corrected chi connectivity index (χ4v) is 2.54. The second kappa shape index (κ2) is 6.62. The largest absolute Gasteiger partial charge is 0.483 e. The van der Waals surface area contributed by atoms with E-state index in [9.17, 15) is 14.4 Å². The topological polar surface area (TPSA) is 106 Å². The van der Waals surface area contributed by atoms with Gasteiger partial charge in [0, 0.05) is 18.0 Å². The van der Waals surface area contributed by atoms with Crippen LogP contribution in [0.5, 0.6) is 11.5 Å². The zero-order chi connectivity index (χ0) is 18.0. The summed E-state index contributed by atoms with van der Waals surface area (Å²) in [4.78, 5) is 34.7. The van der Waals surface area contributed by atoms with Crippen LogP contribution >= 0.6 is 0 Å². The van der Waals surface area contributed by atoms with Gasteiger partial charge in [0.05, 0.1) is 0 Å². The lowest BCUT2D eigenvalue weighted by Crippen LogP contribution is -2.50. The molecule has 1 saturated carbocycles. The maximum atomic E-state index is 11.8. The summed E-state index contributed by atoms with van der Waals surface area (Å²) in [6, 6.07) is 5.58. The first-order valence-electron chi connectivity index (χ1n) is 8.17. The minimum Gasteiger partial charge on any atom is -0.483 e. The first kappa shape index (κ1) is 17.1. The molecule has 8 heteroatoms. The summed E-state index contributed by atoms with van der Waals surface area (Å²) in [6.07, 6.45) is 2.51. The van der Waals surface area contributed by atoms with E-state index in [1.54, 1.807) is 6.07 Å². The molecule has 3 rings (SSSR count). The first-order valence-corrected chi connectivity index (χ1v) is 8.17. The molecule has 1 fully saturated rings. The highest BCUT2D eigenvalue weighted by molar-refractivity contribution is 6.35. The van der Waals surface area contributed by atoms with E-state index in [-0.39, 0.29) is 18.2 Å². The van der Waals surface area contributed by atoms with Crippen molar-refractivity contribution in [2.45, 2.75) is 44.8 Å². The molecule has 8 nitrogen and oxygen atoms in total. The number of ether oxygens (including phenoxy) is 2. The number of carbonyl (C=O) groups is 3. The monoisotopic (exact) mass is 347 g/mol. The summed E-state index contributed by atoms with van der Waals surface area (Å²) in [5.74, 6) is -1.15. The summed E-state index contributed by atoms with van der Waals surface area (Å²) >= 11 is 0. The van der Waals surface area contributed by atoms with E-state index in [1.165, 1.54) is 0 Å². The van der Waals surface area contributed by atoms with Gasteiger partial charge < -0.3 is 14.8 Å². The van der Waals surface area contributed by atoms with E-state index in [4.69, 9.17) is 9.47 Å². The molecule has 3 amide bonds. The van der Waals surface area contributed by atoms with E-state index in [2.05, 4.69) is 16.2 Å². The van der Waals surface area contributed by atoms with Crippen molar-refractivity contribution in [3.8, 4) is 11.5 Å². The summed E-state index contributed by atoms with van der Waals surface area (Å²) in [6.45, 7) is 3.64. The Balaban J connectivity index is 1.46. The Morgan fingerprint density at radius 1 is 1.20 bits per heavy atom. The Kier molecular flexibility index (Phi) is 4.52. The predicted octanol–water partition coefficient (Wildman–Crippen LogP) is 0.205. The smallest absolute Gasteiger partial charge is 0.327 e. The number of amides is 3. The molecule has 0 bridgehead atoms. The molecule has 0 atom stereocenters. The fraction of sp³-hybridized carbons (Fsp3) is 0.471.